The summed E-state index contributed by atoms with van der Waals surface area (Å²) < 4.78 is 65.2. The van der Waals surface area contributed by atoms with E-state index in [2.05, 4.69) is 0 Å². The van der Waals surface area contributed by atoms with Gasteiger partial charge in [-0.05, 0) is 18.2 Å². The minimum atomic E-state index is -4.99. The van der Waals surface area contributed by atoms with Crippen molar-refractivity contribution >= 4 is 92.3 Å². The summed E-state index contributed by atoms with van der Waals surface area (Å²) >= 11 is 0. The fraction of sp³-hybridized carbons (Fsp3) is 0. The van der Waals surface area contributed by atoms with Gasteiger partial charge in [0.05, 0.1) is 21.7 Å². The summed E-state index contributed by atoms with van der Waals surface area (Å²) in [4.78, 5) is 35.0. The molecule has 0 aromatic heterocycles. The topological polar surface area (TPSA) is 239 Å². The molecule has 0 saturated carbocycles. The quantitative estimate of drug-likeness (QED) is 0.0523. The van der Waals surface area contributed by atoms with E-state index >= 15 is 0 Å². The summed E-state index contributed by atoms with van der Waals surface area (Å²) in [5.74, 6) is 2.44. The summed E-state index contributed by atoms with van der Waals surface area (Å²) in [5, 5.41) is -0.523. The number of rotatable bonds is 3. The number of nitrogens with two attached hydrogens (primary N) is 2. The number of benzene rings is 2. The molecule has 0 atom stereocenters. The van der Waals surface area contributed by atoms with Crippen LogP contribution in [0.15, 0.2) is 28.0 Å². The molecule has 0 radical (unpaired) electrons. The molecule has 14 nitrogen and oxygen atoms in total. The number of hydrogen-bond donors (Lipinski definition) is 6. The summed E-state index contributed by atoms with van der Waals surface area (Å²) in [6.07, 6.45) is 0. The first-order valence-electron chi connectivity index (χ1n) is 7.28. The summed E-state index contributed by atoms with van der Waals surface area (Å²) in [6.45, 7) is 0. The fourth-order valence-corrected chi connectivity index (χ4v) is 3.99. The second kappa shape index (κ2) is 8.79. The third-order valence-electron chi connectivity index (χ3n) is 4.00. The Morgan fingerprint density at radius 1 is 0.935 bits per heavy atom. The predicted octanol–water partition coefficient (Wildman–Crippen LogP) is -2.70. The number of imide groups is 1. The van der Waals surface area contributed by atoms with Gasteiger partial charge in [-0.25, -0.2) is 16.1 Å². The molecule has 0 saturated heterocycles. The first-order valence-corrected chi connectivity index (χ1v) is 10.2. The first kappa shape index (κ1) is 26.9. The number of hydrazine groups is 2. The second-order valence-electron chi connectivity index (χ2n) is 5.71. The SMILES string of the molecule is NNC(=O)NN1C(=O)c2cc(S(=O)(=O)O)cc3c(N)c(S(=O)(=O)O)cc(c23)C1=O.[LiH].[LiH]. The predicted molar refractivity (Wildman–Crippen MR) is 109 cm³/mol. The maximum atomic E-state index is 12.7. The van der Waals surface area contributed by atoms with E-state index in [1.54, 1.807) is 10.9 Å². The van der Waals surface area contributed by atoms with E-state index in [0.29, 0.717) is 12.1 Å². The Bertz CT molecular complexity index is 1320. The Labute approximate surface area is 198 Å². The molecule has 0 unspecified atom stereocenters. The molecular weight excluding hydrogens is 448 g/mol. The zero-order valence-electron chi connectivity index (χ0n) is 13.9. The standard InChI is InChI=1S/C13H11N5O9S2.2Li.2H/c14-10-5-1-4(28(22,23)24)2-6-9(5)7(3-8(10)29(25,26)27)12(20)18(11(6)19)17-13(21)16-15;;;;/h1-3H,14-15H2,(H2,16,17,21)(H,22,23,24)(H,25,26,27);;;;. The molecule has 31 heavy (non-hydrogen) atoms. The Morgan fingerprint density at radius 3 is 1.90 bits per heavy atom. The number of nitrogen functional groups attached to an aromatic ring is 1. The van der Waals surface area contributed by atoms with Crippen LogP contribution in [0.2, 0.25) is 0 Å². The summed E-state index contributed by atoms with van der Waals surface area (Å²) in [6, 6.07) is 0.894. The van der Waals surface area contributed by atoms with Crippen molar-refractivity contribution in [1.82, 2.24) is 15.9 Å². The van der Waals surface area contributed by atoms with Crippen molar-refractivity contribution < 1.29 is 40.3 Å². The molecule has 1 aliphatic heterocycles. The number of nitrogens with one attached hydrogen (secondary N) is 2. The van der Waals surface area contributed by atoms with Crippen molar-refractivity contribution in [2.75, 3.05) is 5.73 Å². The van der Waals surface area contributed by atoms with Gasteiger partial charge >= 0.3 is 43.8 Å². The van der Waals surface area contributed by atoms with Crippen LogP contribution in [0.3, 0.4) is 0 Å². The van der Waals surface area contributed by atoms with Crippen molar-refractivity contribution in [3.8, 4) is 0 Å². The van der Waals surface area contributed by atoms with Crippen LogP contribution < -0.4 is 22.4 Å². The fourth-order valence-electron chi connectivity index (χ4n) is 2.80. The van der Waals surface area contributed by atoms with Crippen LogP contribution in [0.5, 0.6) is 0 Å². The molecule has 4 amide bonds. The normalized spacial score (nSPS) is 13.3. The van der Waals surface area contributed by atoms with Crippen LogP contribution in [0.1, 0.15) is 20.7 Å². The zero-order chi connectivity index (χ0) is 21.9. The number of amides is 4. The van der Waals surface area contributed by atoms with E-state index in [9.17, 15) is 40.3 Å². The van der Waals surface area contributed by atoms with Gasteiger partial charge in [-0.2, -0.15) is 21.8 Å². The van der Waals surface area contributed by atoms with Gasteiger partial charge in [0, 0.05) is 10.8 Å². The van der Waals surface area contributed by atoms with Crippen molar-refractivity contribution in [3.05, 3.63) is 29.3 Å². The molecule has 0 bridgehead atoms. The van der Waals surface area contributed by atoms with Crippen molar-refractivity contribution in [1.29, 1.82) is 0 Å². The number of anilines is 1. The number of carbonyl (C=O) groups excluding carboxylic acids is 3. The van der Waals surface area contributed by atoms with Crippen LogP contribution in [-0.2, 0) is 20.2 Å². The van der Waals surface area contributed by atoms with Gasteiger partial charge in [-0.3, -0.25) is 24.1 Å². The Morgan fingerprint density at radius 2 is 1.45 bits per heavy atom. The summed E-state index contributed by atoms with van der Waals surface area (Å²) in [5.41, 5.74) is 7.42. The Kier molecular flexibility index (Phi) is 7.63. The summed E-state index contributed by atoms with van der Waals surface area (Å²) in [7, 11) is -9.89. The Balaban J connectivity index is 0.00000240. The molecule has 1 heterocycles. The molecule has 18 heteroatoms. The third kappa shape index (κ3) is 4.58. The van der Waals surface area contributed by atoms with Crippen LogP contribution in [0.4, 0.5) is 10.5 Å². The van der Waals surface area contributed by atoms with Crippen molar-refractivity contribution in [2.45, 2.75) is 9.79 Å². The molecular formula is C13H13Li2N5O9S2. The van der Waals surface area contributed by atoms with Crippen molar-refractivity contribution in [2.24, 2.45) is 5.84 Å². The van der Waals surface area contributed by atoms with Gasteiger partial charge in [0.1, 0.15) is 4.90 Å². The van der Waals surface area contributed by atoms with Crippen LogP contribution >= 0.6 is 0 Å². The first-order chi connectivity index (χ1) is 13.3. The number of hydrogen-bond acceptors (Lipinski definition) is 9. The van der Waals surface area contributed by atoms with E-state index < -0.39 is 70.1 Å². The molecule has 1 aliphatic rings. The van der Waals surface area contributed by atoms with Gasteiger partial charge in [-0.15, -0.1) is 0 Å². The van der Waals surface area contributed by atoms with Gasteiger partial charge in [0.25, 0.3) is 32.1 Å². The molecule has 158 valence electrons. The van der Waals surface area contributed by atoms with Crippen LogP contribution in [0, 0.1) is 0 Å². The second-order valence-corrected chi connectivity index (χ2v) is 8.52. The van der Waals surface area contributed by atoms with E-state index in [-0.39, 0.29) is 48.1 Å². The van der Waals surface area contributed by atoms with E-state index in [4.69, 9.17) is 11.6 Å². The van der Waals surface area contributed by atoms with E-state index in [1.165, 1.54) is 0 Å². The number of carbonyl (C=O) groups is 3. The average molecular weight is 461 g/mol. The molecule has 0 fully saturated rings. The van der Waals surface area contributed by atoms with Crippen molar-refractivity contribution in [3.63, 3.8) is 0 Å². The molecule has 8 N–H and O–H groups in total. The molecule has 3 rings (SSSR count). The maximum absolute atomic E-state index is 12.7. The van der Waals surface area contributed by atoms with Gasteiger partial charge in [-0.1, -0.05) is 0 Å². The van der Waals surface area contributed by atoms with E-state index in [0.717, 1.165) is 6.07 Å². The minimum absolute atomic E-state index is 0. The third-order valence-corrected chi connectivity index (χ3v) is 5.72. The molecule has 2 aromatic carbocycles. The number of urea groups is 1. The van der Waals surface area contributed by atoms with E-state index in [1.807, 2.05) is 0 Å². The van der Waals surface area contributed by atoms with Crippen LogP contribution in [-0.4, -0.2) is 86.5 Å². The van der Waals surface area contributed by atoms with Crippen LogP contribution in [0.25, 0.3) is 10.8 Å². The molecule has 2 aromatic rings. The van der Waals surface area contributed by atoms with Gasteiger partial charge < -0.3 is 5.73 Å². The zero-order valence-corrected chi connectivity index (χ0v) is 15.5. The average Bonchev–Trinajstić information content (AvgIpc) is 2.61. The monoisotopic (exact) mass is 461 g/mol. The Hall–Kier alpha value is -2.12. The van der Waals surface area contributed by atoms with Gasteiger partial charge in [0.15, 0.2) is 0 Å². The molecule has 0 spiro atoms. The molecule has 0 aliphatic carbocycles. The number of nitrogens with zero attached hydrogens (tertiary/aromatic N) is 1. The van der Waals surface area contributed by atoms with Gasteiger partial charge in [0.2, 0.25) is 0 Å².